The Hall–Kier alpha value is -3.66. The van der Waals surface area contributed by atoms with Crippen LogP contribution in [0.5, 0.6) is 0 Å². The first-order valence-corrected chi connectivity index (χ1v) is 9.14. The molecule has 2 aromatic carbocycles. The van der Waals surface area contributed by atoms with Crippen LogP contribution in [0.4, 0.5) is 5.69 Å². The number of carbonyl (C=O) groups excluding carboxylic acids is 1. The van der Waals surface area contributed by atoms with Crippen LogP contribution in [0.3, 0.4) is 0 Å². The molecule has 0 amide bonds. The van der Waals surface area contributed by atoms with Crippen LogP contribution in [0.1, 0.15) is 39.8 Å². The SMILES string of the molecule is [B]c1ccc(C(=O)Cc2c(C(=O)O)c(-c3cccc([N+]#[C-])c3)nn2CCC)cc1. The van der Waals surface area contributed by atoms with Gasteiger partial charge in [-0.25, -0.2) is 9.64 Å². The van der Waals surface area contributed by atoms with E-state index in [2.05, 4.69) is 9.94 Å². The number of aromatic nitrogens is 2. The van der Waals surface area contributed by atoms with Gasteiger partial charge >= 0.3 is 5.97 Å². The van der Waals surface area contributed by atoms with Gasteiger partial charge in [0.15, 0.2) is 11.5 Å². The van der Waals surface area contributed by atoms with Crippen molar-refractivity contribution in [1.29, 1.82) is 0 Å². The lowest BCUT2D eigenvalue weighted by Gasteiger charge is -2.07. The number of hydrogen-bond donors (Lipinski definition) is 1. The summed E-state index contributed by atoms with van der Waals surface area (Å²) in [5, 5.41) is 14.4. The van der Waals surface area contributed by atoms with E-state index in [0.717, 1.165) is 6.42 Å². The van der Waals surface area contributed by atoms with E-state index in [1.165, 1.54) is 0 Å². The molecule has 1 heterocycles. The normalized spacial score (nSPS) is 10.5. The van der Waals surface area contributed by atoms with E-state index in [-0.39, 0.29) is 23.5 Å². The second kappa shape index (κ2) is 8.57. The van der Waals surface area contributed by atoms with E-state index in [9.17, 15) is 14.7 Å². The summed E-state index contributed by atoms with van der Waals surface area (Å²) in [6.45, 7) is 9.62. The molecule has 29 heavy (non-hydrogen) atoms. The molecule has 1 N–H and O–H groups in total. The van der Waals surface area contributed by atoms with Gasteiger partial charge in [-0.2, -0.15) is 5.10 Å². The molecule has 0 saturated carbocycles. The third-order valence-electron chi connectivity index (χ3n) is 4.52. The maximum absolute atomic E-state index is 12.8. The van der Waals surface area contributed by atoms with Crippen LogP contribution < -0.4 is 5.46 Å². The van der Waals surface area contributed by atoms with Crippen LogP contribution in [0.2, 0.25) is 0 Å². The van der Waals surface area contributed by atoms with Crippen LogP contribution in [0.15, 0.2) is 48.5 Å². The molecule has 7 heteroatoms. The first-order valence-electron chi connectivity index (χ1n) is 9.14. The monoisotopic (exact) mass is 383 g/mol. The van der Waals surface area contributed by atoms with Gasteiger partial charge < -0.3 is 5.11 Å². The molecule has 6 nitrogen and oxygen atoms in total. The lowest BCUT2D eigenvalue weighted by Crippen LogP contribution is -2.14. The van der Waals surface area contributed by atoms with E-state index in [0.29, 0.717) is 34.5 Å². The highest BCUT2D eigenvalue weighted by atomic mass is 16.4. The first kappa shape index (κ1) is 20.1. The number of nitrogens with zero attached hydrogens (tertiary/aromatic N) is 3. The number of rotatable bonds is 7. The molecule has 0 unspecified atom stereocenters. The second-order valence-corrected chi connectivity index (χ2v) is 6.58. The molecule has 1 aromatic heterocycles. The lowest BCUT2D eigenvalue weighted by molar-refractivity contribution is 0.0696. The maximum atomic E-state index is 12.8. The predicted molar refractivity (Wildman–Crippen MR) is 111 cm³/mol. The fourth-order valence-corrected chi connectivity index (χ4v) is 3.15. The first-order chi connectivity index (χ1) is 13.9. The van der Waals surface area contributed by atoms with Crippen molar-refractivity contribution in [3.05, 3.63) is 76.8 Å². The number of carbonyl (C=O) groups is 2. The van der Waals surface area contributed by atoms with Crippen LogP contribution in [-0.4, -0.2) is 34.5 Å². The number of aromatic carboxylic acids is 1. The van der Waals surface area contributed by atoms with Gasteiger partial charge in [-0.1, -0.05) is 54.9 Å². The molecular weight excluding hydrogens is 365 g/mol. The minimum atomic E-state index is -1.16. The van der Waals surface area contributed by atoms with Crippen LogP contribution >= 0.6 is 0 Å². The number of carboxylic acids is 1. The van der Waals surface area contributed by atoms with Gasteiger partial charge in [-0.05, 0) is 18.1 Å². The summed E-state index contributed by atoms with van der Waals surface area (Å²) in [4.78, 5) is 28.3. The van der Waals surface area contributed by atoms with Crippen LogP contribution in [0, 0.1) is 6.57 Å². The van der Waals surface area contributed by atoms with Crippen molar-refractivity contribution in [3.8, 4) is 11.3 Å². The number of aryl methyl sites for hydroxylation is 1. The Labute approximate surface area is 170 Å². The molecule has 2 radical (unpaired) electrons. The quantitative estimate of drug-likeness (QED) is 0.385. The Morgan fingerprint density at radius 1 is 1.21 bits per heavy atom. The number of ketones is 1. The summed E-state index contributed by atoms with van der Waals surface area (Å²) < 4.78 is 1.58. The predicted octanol–water partition coefficient (Wildman–Crippen LogP) is 3.43. The molecule has 0 fully saturated rings. The fraction of sp³-hybridized carbons (Fsp3) is 0.182. The van der Waals surface area contributed by atoms with Gasteiger partial charge in [0.25, 0.3) is 0 Å². The number of Topliss-reactive ketones (excluding diaryl/α,β-unsaturated/α-hetero) is 1. The molecule has 0 bridgehead atoms. The zero-order chi connectivity index (χ0) is 21.0. The molecule has 3 aromatic rings. The third-order valence-corrected chi connectivity index (χ3v) is 4.52. The minimum Gasteiger partial charge on any atom is -0.478 e. The zero-order valence-electron chi connectivity index (χ0n) is 15.9. The van der Waals surface area contributed by atoms with E-state index >= 15 is 0 Å². The number of hydrogen-bond acceptors (Lipinski definition) is 3. The highest BCUT2D eigenvalue weighted by Crippen LogP contribution is 2.29. The molecule has 0 saturated heterocycles. The zero-order valence-corrected chi connectivity index (χ0v) is 15.9. The number of carboxylic acid groups (broad SMARTS) is 1. The van der Waals surface area contributed by atoms with Crippen molar-refractivity contribution in [2.45, 2.75) is 26.3 Å². The summed E-state index contributed by atoms with van der Waals surface area (Å²) >= 11 is 0. The Bertz CT molecular complexity index is 1110. The Kier molecular flexibility index (Phi) is 5.94. The van der Waals surface area contributed by atoms with Gasteiger partial charge in [0.05, 0.1) is 18.7 Å². The van der Waals surface area contributed by atoms with Gasteiger partial charge in [-0.15, -0.1) is 0 Å². The lowest BCUT2D eigenvalue weighted by atomic mass is 9.93. The van der Waals surface area contributed by atoms with Gasteiger partial charge in [0.1, 0.15) is 19.1 Å². The topological polar surface area (TPSA) is 76.6 Å². The van der Waals surface area contributed by atoms with Crippen molar-refractivity contribution in [3.63, 3.8) is 0 Å². The Morgan fingerprint density at radius 3 is 2.55 bits per heavy atom. The molecule has 0 atom stereocenters. The van der Waals surface area contributed by atoms with E-state index in [1.807, 2.05) is 6.92 Å². The number of benzene rings is 2. The standard InChI is InChI=1S/C22H18BN3O3/c1-3-11-26-18(13-19(27)14-7-9-16(23)10-8-14)20(22(28)29)21(25-26)15-5-4-6-17(12-15)24-2/h4-10,12H,3,11,13H2,1H3,(H,28,29). The molecule has 0 aliphatic carbocycles. The van der Waals surface area contributed by atoms with Crippen molar-refractivity contribution >= 4 is 30.7 Å². The van der Waals surface area contributed by atoms with Gasteiger partial charge in [0, 0.05) is 12.1 Å². The maximum Gasteiger partial charge on any atom is 0.339 e. The Morgan fingerprint density at radius 2 is 1.93 bits per heavy atom. The fourth-order valence-electron chi connectivity index (χ4n) is 3.15. The van der Waals surface area contributed by atoms with Crippen molar-refractivity contribution in [2.24, 2.45) is 0 Å². The molecule has 0 spiro atoms. The smallest absolute Gasteiger partial charge is 0.339 e. The average Bonchev–Trinajstić information content (AvgIpc) is 3.07. The summed E-state index contributed by atoms with van der Waals surface area (Å²) in [7, 11) is 5.67. The van der Waals surface area contributed by atoms with Crippen molar-refractivity contribution in [1.82, 2.24) is 9.78 Å². The molecule has 0 aliphatic rings. The molecule has 142 valence electrons. The Balaban J connectivity index is 2.10. The summed E-state index contributed by atoms with van der Waals surface area (Å²) in [6.07, 6.45) is 0.631. The largest absolute Gasteiger partial charge is 0.478 e. The summed E-state index contributed by atoms with van der Waals surface area (Å²) in [5.41, 5.74) is 2.53. The van der Waals surface area contributed by atoms with Crippen LogP contribution in [0.25, 0.3) is 16.1 Å². The van der Waals surface area contributed by atoms with Gasteiger partial charge in [0.2, 0.25) is 0 Å². The van der Waals surface area contributed by atoms with Crippen LogP contribution in [-0.2, 0) is 13.0 Å². The van der Waals surface area contributed by atoms with E-state index in [4.69, 9.17) is 14.4 Å². The average molecular weight is 383 g/mol. The van der Waals surface area contributed by atoms with Crippen molar-refractivity contribution < 1.29 is 14.7 Å². The highest BCUT2D eigenvalue weighted by molar-refractivity contribution is 6.32. The third kappa shape index (κ3) is 4.27. The molecule has 0 aliphatic heterocycles. The molecule has 3 rings (SSSR count). The highest BCUT2D eigenvalue weighted by Gasteiger charge is 2.26. The van der Waals surface area contributed by atoms with Gasteiger partial charge in [-0.3, -0.25) is 9.48 Å². The minimum absolute atomic E-state index is 0.00984. The van der Waals surface area contributed by atoms with Crippen molar-refractivity contribution in [2.75, 3.05) is 0 Å². The second-order valence-electron chi connectivity index (χ2n) is 6.58. The van der Waals surface area contributed by atoms with E-state index < -0.39 is 5.97 Å². The summed E-state index contributed by atoms with van der Waals surface area (Å²) in [6, 6.07) is 13.2. The molecular formula is C22H18BN3O3. The van der Waals surface area contributed by atoms with E-state index in [1.54, 1.807) is 53.2 Å². The summed E-state index contributed by atoms with van der Waals surface area (Å²) in [5.74, 6) is -1.37.